The van der Waals surface area contributed by atoms with Crippen molar-refractivity contribution in [1.29, 1.82) is 0 Å². The second-order valence-corrected chi connectivity index (χ2v) is 13.6. The molecule has 0 radical (unpaired) electrons. The van der Waals surface area contributed by atoms with E-state index in [4.69, 9.17) is 9.47 Å². The Morgan fingerprint density at radius 3 is 1.17 bits per heavy atom. The van der Waals surface area contributed by atoms with Crippen molar-refractivity contribution in [2.45, 2.75) is 64.2 Å². The molecule has 12 heteroatoms. The normalized spacial score (nSPS) is 21.5. The number of anilines is 4. The summed E-state index contributed by atoms with van der Waals surface area (Å²) in [5, 5.41) is 0. The van der Waals surface area contributed by atoms with E-state index in [-0.39, 0.29) is 49.9 Å². The molecule has 4 atom stereocenters. The summed E-state index contributed by atoms with van der Waals surface area (Å²) in [4.78, 5) is 87.4. The van der Waals surface area contributed by atoms with Gasteiger partial charge in [-0.25, -0.2) is 0 Å². The molecule has 4 unspecified atom stereocenters. The van der Waals surface area contributed by atoms with E-state index >= 15 is 0 Å². The Hall–Kier alpha value is -5.52. The number of rotatable bonds is 12. The molecule has 0 N–H and O–H groups in total. The lowest BCUT2D eigenvalue weighted by molar-refractivity contribution is -0.141. The fraction of sp³-hybridized carbons (Fsp3) is 0.400. The van der Waals surface area contributed by atoms with Crippen molar-refractivity contribution in [1.82, 2.24) is 0 Å². The Labute approximate surface area is 302 Å². The number of hydrogen-bond donors (Lipinski definition) is 0. The number of amides is 4. The molecule has 52 heavy (non-hydrogen) atoms. The highest BCUT2D eigenvalue weighted by atomic mass is 16.5. The van der Waals surface area contributed by atoms with E-state index < -0.39 is 35.6 Å². The Kier molecular flexibility index (Phi) is 9.33. The third-order valence-corrected chi connectivity index (χ3v) is 10.5. The Balaban J connectivity index is 1.32. The van der Waals surface area contributed by atoms with Gasteiger partial charge in [0.25, 0.3) is 0 Å². The second kappa shape index (κ2) is 13.9. The monoisotopic (exact) mass is 706 g/mol. The highest BCUT2D eigenvalue weighted by molar-refractivity contribution is 6.17. The summed E-state index contributed by atoms with van der Waals surface area (Å²) in [6.45, 7) is 7.76. The number of carbonyl (C=O) groups is 6. The maximum absolute atomic E-state index is 14.6. The van der Waals surface area contributed by atoms with Crippen LogP contribution in [0.5, 0.6) is 0 Å². The molecule has 3 aromatic rings. The molecule has 0 aliphatic carbocycles. The van der Waals surface area contributed by atoms with E-state index in [1.165, 1.54) is 13.8 Å². The van der Waals surface area contributed by atoms with Crippen molar-refractivity contribution in [3.63, 3.8) is 0 Å². The highest BCUT2D eigenvalue weighted by Gasteiger charge is 2.54. The predicted octanol–water partition coefficient (Wildman–Crippen LogP) is 4.75. The van der Waals surface area contributed by atoms with Crippen LogP contribution in [-0.4, -0.2) is 75.0 Å². The smallest absolute Gasteiger partial charge is 0.302 e. The second-order valence-electron chi connectivity index (χ2n) is 13.6. The molecule has 0 aromatic heterocycles. The minimum absolute atomic E-state index is 0.0203. The summed E-state index contributed by atoms with van der Waals surface area (Å²) >= 11 is 0. The average Bonchev–Trinajstić information content (AvgIpc) is 3.74. The van der Waals surface area contributed by atoms with E-state index in [1.807, 2.05) is 74.5 Å². The molecule has 12 nitrogen and oxygen atoms in total. The summed E-state index contributed by atoms with van der Waals surface area (Å²) in [5.41, 5.74) is 5.41. The Morgan fingerprint density at radius 1 is 0.500 bits per heavy atom. The van der Waals surface area contributed by atoms with Crippen LogP contribution >= 0.6 is 0 Å². The summed E-state index contributed by atoms with van der Waals surface area (Å²) in [7, 11) is 0. The largest absolute Gasteiger partial charge is 0.464 e. The van der Waals surface area contributed by atoms with Crippen molar-refractivity contribution in [2.75, 3.05) is 59.0 Å². The van der Waals surface area contributed by atoms with Gasteiger partial charge in [0.2, 0.25) is 23.6 Å². The van der Waals surface area contributed by atoms with Gasteiger partial charge < -0.3 is 29.1 Å². The number of nitrogens with zero attached hydrogens (tertiary/aromatic N) is 4. The molecular formula is C40H42N4O8. The standard InChI is InChI=1S/C40H42N4O8/c1-5-15-41-31-21-28-32(22-27(31)35(39(41)49)33-25-11-7-9-13-29(25)43(37(33)47)17-19-51-23(3)45)42(16-6-2)40(50)36(28)34-26-12-8-10-14-30(26)44(38(34)48)18-20-52-24(4)46/h7-14,21-22,33-36H,5-6,15-20H2,1-4H3. The first-order chi connectivity index (χ1) is 25.1. The number of fused-ring (bicyclic) bond motifs is 4. The van der Waals surface area contributed by atoms with E-state index in [0.717, 1.165) is 11.1 Å². The van der Waals surface area contributed by atoms with Crippen molar-refractivity contribution < 1.29 is 38.2 Å². The van der Waals surface area contributed by atoms with Gasteiger partial charge in [-0.2, -0.15) is 0 Å². The summed E-state index contributed by atoms with van der Waals surface area (Å²) in [6, 6.07) is 18.6. The zero-order valence-corrected chi connectivity index (χ0v) is 29.8. The van der Waals surface area contributed by atoms with Gasteiger partial charge in [-0.3, -0.25) is 28.8 Å². The van der Waals surface area contributed by atoms with Crippen LogP contribution in [0.3, 0.4) is 0 Å². The number of para-hydroxylation sites is 2. The van der Waals surface area contributed by atoms with Gasteiger partial charge in [0.05, 0.1) is 36.8 Å². The molecular weight excluding hydrogens is 664 g/mol. The van der Waals surface area contributed by atoms with Crippen LogP contribution in [0.25, 0.3) is 0 Å². The molecule has 0 bridgehead atoms. The zero-order valence-electron chi connectivity index (χ0n) is 29.8. The topological polar surface area (TPSA) is 134 Å². The summed E-state index contributed by atoms with van der Waals surface area (Å²) in [5.74, 6) is -5.10. The SMILES string of the molecule is CCCN1C(=O)C(C2C(=O)N(CCOC(C)=O)c3ccccc32)c2cc3c(cc21)C(C1C(=O)N(CCOC(C)=O)c2ccccc21)C(=O)N3CCC. The fourth-order valence-corrected chi connectivity index (χ4v) is 8.47. The van der Waals surface area contributed by atoms with Crippen LogP contribution in [-0.2, 0) is 38.2 Å². The zero-order chi connectivity index (χ0) is 36.8. The first-order valence-electron chi connectivity index (χ1n) is 18.0. The van der Waals surface area contributed by atoms with E-state index in [0.29, 0.717) is 59.8 Å². The van der Waals surface area contributed by atoms with Crippen molar-refractivity contribution in [3.8, 4) is 0 Å². The molecule has 7 rings (SSSR count). The van der Waals surface area contributed by atoms with Crippen LogP contribution in [0.2, 0.25) is 0 Å². The maximum Gasteiger partial charge on any atom is 0.302 e. The van der Waals surface area contributed by atoms with Crippen LogP contribution in [0.1, 0.15) is 86.5 Å². The quantitative estimate of drug-likeness (QED) is 0.247. The number of esters is 2. The lowest BCUT2D eigenvalue weighted by Gasteiger charge is -2.22. The van der Waals surface area contributed by atoms with Gasteiger partial charge in [0, 0.05) is 49.7 Å². The van der Waals surface area contributed by atoms with Crippen LogP contribution in [0.4, 0.5) is 22.7 Å². The van der Waals surface area contributed by atoms with Crippen molar-refractivity contribution in [2.24, 2.45) is 0 Å². The van der Waals surface area contributed by atoms with Crippen LogP contribution in [0.15, 0.2) is 60.7 Å². The minimum Gasteiger partial charge on any atom is -0.464 e. The summed E-state index contributed by atoms with van der Waals surface area (Å²) < 4.78 is 10.3. The number of benzene rings is 3. The van der Waals surface area contributed by atoms with Gasteiger partial charge in [0.1, 0.15) is 13.2 Å². The molecule has 4 heterocycles. The first kappa shape index (κ1) is 34.9. The molecule has 0 spiro atoms. The molecule has 0 fully saturated rings. The summed E-state index contributed by atoms with van der Waals surface area (Å²) in [6.07, 6.45) is 1.32. The molecule has 4 aliphatic rings. The van der Waals surface area contributed by atoms with E-state index in [2.05, 4.69) is 0 Å². The number of carbonyl (C=O) groups excluding carboxylic acids is 6. The Bertz CT molecular complexity index is 1850. The lowest BCUT2D eigenvalue weighted by atomic mass is 9.80. The van der Waals surface area contributed by atoms with Crippen molar-refractivity contribution in [3.05, 3.63) is 82.9 Å². The van der Waals surface area contributed by atoms with Gasteiger partial charge >= 0.3 is 11.9 Å². The maximum atomic E-state index is 14.6. The van der Waals surface area contributed by atoms with Gasteiger partial charge in [-0.05, 0) is 59.4 Å². The predicted molar refractivity (Wildman–Crippen MR) is 194 cm³/mol. The molecule has 4 amide bonds. The van der Waals surface area contributed by atoms with Crippen molar-refractivity contribution >= 4 is 58.3 Å². The lowest BCUT2D eigenvalue weighted by Crippen LogP contribution is -2.37. The minimum atomic E-state index is -0.845. The average molecular weight is 707 g/mol. The Morgan fingerprint density at radius 2 is 0.827 bits per heavy atom. The van der Waals surface area contributed by atoms with Gasteiger partial charge in [-0.15, -0.1) is 0 Å². The van der Waals surface area contributed by atoms with E-state index in [9.17, 15) is 28.8 Å². The van der Waals surface area contributed by atoms with Crippen LogP contribution < -0.4 is 19.6 Å². The fourth-order valence-electron chi connectivity index (χ4n) is 8.47. The molecule has 270 valence electrons. The molecule has 0 saturated heterocycles. The van der Waals surface area contributed by atoms with Crippen LogP contribution in [0, 0.1) is 0 Å². The van der Waals surface area contributed by atoms with Gasteiger partial charge in [-0.1, -0.05) is 50.2 Å². The van der Waals surface area contributed by atoms with E-state index in [1.54, 1.807) is 19.6 Å². The molecule has 0 saturated carbocycles. The first-order valence-corrected chi connectivity index (χ1v) is 18.0. The number of ether oxygens (including phenoxy) is 2. The molecule has 4 aliphatic heterocycles. The third kappa shape index (κ3) is 5.61. The highest BCUT2D eigenvalue weighted by Crippen LogP contribution is 2.56. The van der Waals surface area contributed by atoms with Gasteiger partial charge in [0.15, 0.2) is 0 Å². The third-order valence-electron chi connectivity index (χ3n) is 10.5. The number of hydrogen-bond acceptors (Lipinski definition) is 8. The molecule has 3 aromatic carbocycles.